The molecule has 2 amide bonds. The number of nitrogens with one attached hydrogen (secondary N) is 4. The molecule has 1 saturated carbocycles. The lowest BCUT2D eigenvalue weighted by atomic mass is 9.79. The van der Waals surface area contributed by atoms with Crippen LogP contribution < -0.4 is 20.7 Å². The van der Waals surface area contributed by atoms with E-state index in [9.17, 15) is 22.4 Å². The number of fused-ring (bicyclic) bond motifs is 1. The van der Waals surface area contributed by atoms with Crippen molar-refractivity contribution in [3.8, 4) is 0 Å². The van der Waals surface area contributed by atoms with Crippen LogP contribution in [-0.4, -0.2) is 46.1 Å². The van der Waals surface area contributed by atoms with Gasteiger partial charge in [-0.3, -0.25) is 9.59 Å². The number of carbonyl (C=O) groups is 2. The lowest BCUT2D eigenvalue weighted by molar-refractivity contribution is -0.126. The quantitative estimate of drug-likeness (QED) is 0.346. The second-order valence-electron chi connectivity index (χ2n) is 10.4. The van der Waals surface area contributed by atoms with Crippen LogP contribution in [-0.2, 0) is 21.4 Å². The zero-order valence-corrected chi connectivity index (χ0v) is 22.6. The Morgan fingerprint density at radius 1 is 1.05 bits per heavy atom. The largest absolute Gasteiger partial charge is 0.384 e. The Bertz CT molecular complexity index is 1230. The molecule has 2 aromatic carbocycles. The van der Waals surface area contributed by atoms with Crippen LogP contribution in [0, 0.1) is 17.7 Å². The Labute approximate surface area is 224 Å². The number of halogens is 1. The van der Waals surface area contributed by atoms with Crippen LogP contribution in [0.15, 0.2) is 42.5 Å². The number of hydrogen-bond donors (Lipinski definition) is 4. The highest BCUT2D eigenvalue weighted by Crippen LogP contribution is 2.34. The van der Waals surface area contributed by atoms with Gasteiger partial charge in [-0.15, -0.1) is 0 Å². The van der Waals surface area contributed by atoms with E-state index in [4.69, 9.17) is 0 Å². The average Bonchev–Trinajstić information content (AvgIpc) is 3.30. The van der Waals surface area contributed by atoms with Gasteiger partial charge in [0.2, 0.25) is 15.9 Å². The maximum Gasteiger partial charge on any atom is 0.251 e. The third-order valence-electron chi connectivity index (χ3n) is 7.58. The number of hydrogen-bond acceptors (Lipinski definition) is 5. The number of anilines is 1. The molecular formula is C28H37FN4O4S. The maximum atomic E-state index is 13.7. The lowest BCUT2D eigenvalue weighted by Gasteiger charge is -2.29. The van der Waals surface area contributed by atoms with Crippen molar-refractivity contribution in [3.05, 3.63) is 65.0 Å². The summed E-state index contributed by atoms with van der Waals surface area (Å²) < 4.78 is 38.7. The van der Waals surface area contributed by atoms with Crippen LogP contribution in [0.3, 0.4) is 0 Å². The van der Waals surface area contributed by atoms with Crippen LogP contribution >= 0.6 is 0 Å². The molecule has 1 aliphatic carbocycles. The van der Waals surface area contributed by atoms with Gasteiger partial charge in [0.05, 0.1) is 12.2 Å². The average molecular weight is 545 g/mol. The van der Waals surface area contributed by atoms with Crippen LogP contribution in [0.4, 0.5) is 10.1 Å². The normalized spacial score (nSPS) is 18.3. The maximum absolute atomic E-state index is 13.7. The molecule has 2 aliphatic rings. The molecule has 0 radical (unpaired) electrons. The first-order valence-corrected chi connectivity index (χ1v) is 15.2. The topological polar surface area (TPSA) is 116 Å². The van der Waals surface area contributed by atoms with Gasteiger partial charge in [0.15, 0.2) is 0 Å². The molecule has 0 spiro atoms. The second-order valence-corrected chi connectivity index (χ2v) is 12.2. The fourth-order valence-electron chi connectivity index (χ4n) is 5.44. The highest BCUT2D eigenvalue weighted by Gasteiger charge is 2.30. The summed E-state index contributed by atoms with van der Waals surface area (Å²) in [5, 5.41) is 9.32. The van der Waals surface area contributed by atoms with Crippen molar-refractivity contribution in [2.45, 2.75) is 51.0 Å². The number of sulfonamides is 1. The van der Waals surface area contributed by atoms with Crippen molar-refractivity contribution in [1.82, 2.24) is 15.4 Å². The minimum absolute atomic E-state index is 0.0511. The molecule has 4 rings (SSSR count). The molecule has 0 bridgehead atoms. The molecule has 0 aromatic heterocycles. The van der Waals surface area contributed by atoms with E-state index in [1.807, 2.05) is 0 Å². The Morgan fingerprint density at radius 3 is 2.50 bits per heavy atom. The SMILES string of the molecule is CS(=O)(=O)NCc1ccc(C(=O)NCC(C(=O)NCCC2CNc3ccc(F)cc32)C2CCCCC2)cc1. The molecule has 0 saturated heterocycles. The van der Waals surface area contributed by atoms with Crippen molar-refractivity contribution < 1.29 is 22.4 Å². The summed E-state index contributed by atoms with van der Waals surface area (Å²) in [6, 6.07) is 11.5. The van der Waals surface area contributed by atoms with E-state index in [1.54, 1.807) is 36.4 Å². The molecule has 10 heteroatoms. The second kappa shape index (κ2) is 12.7. The molecule has 8 nitrogen and oxygen atoms in total. The van der Waals surface area contributed by atoms with Crippen LogP contribution in [0.2, 0.25) is 0 Å². The number of rotatable bonds is 11. The van der Waals surface area contributed by atoms with E-state index in [0.717, 1.165) is 55.3 Å². The molecule has 206 valence electrons. The molecule has 4 N–H and O–H groups in total. The van der Waals surface area contributed by atoms with Crippen LogP contribution in [0.25, 0.3) is 0 Å². The van der Waals surface area contributed by atoms with E-state index < -0.39 is 10.0 Å². The zero-order valence-electron chi connectivity index (χ0n) is 21.8. The standard InChI is InChI=1S/C28H37FN4O4S/c1-38(36,37)33-16-19-7-9-21(10-8-19)27(34)32-18-25(20-5-3-2-4-6-20)28(35)30-14-13-22-17-31-26-12-11-23(29)15-24(22)26/h7-12,15,20,22,25,31,33H,2-6,13-14,16-18H2,1H3,(H,30,35)(H,32,34). The van der Waals surface area contributed by atoms with Gasteiger partial charge in [-0.25, -0.2) is 17.5 Å². The number of amides is 2. The third kappa shape index (κ3) is 7.77. The van der Waals surface area contributed by atoms with Crippen molar-refractivity contribution in [2.24, 2.45) is 11.8 Å². The van der Waals surface area contributed by atoms with Gasteiger partial charge in [-0.05, 0) is 66.6 Å². The molecule has 38 heavy (non-hydrogen) atoms. The van der Waals surface area contributed by atoms with Gasteiger partial charge in [-0.1, -0.05) is 31.4 Å². The van der Waals surface area contributed by atoms with Gasteiger partial charge in [0, 0.05) is 43.3 Å². The summed E-state index contributed by atoms with van der Waals surface area (Å²) in [5.41, 5.74) is 3.10. The fourth-order valence-corrected chi connectivity index (χ4v) is 5.87. The summed E-state index contributed by atoms with van der Waals surface area (Å²) in [6.45, 7) is 1.62. The van der Waals surface area contributed by atoms with Crippen molar-refractivity contribution in [3.63, 3.8) is 0 Å². The Kier molecular flexibility index (Phi) is 9.38. The molecule has 2 atom stereocenters. The first kappa shape index (κ1) is 28.0. The minimum Gasteiger partial charge on any atom is -0.384 e. The van der Waals surface area contributed by atoms with E-state index in [0.29, 0.717) is 18.5 Å². The van der Waals surface area contributed by atoms with E-state index >= 15 is 0 Å². The van der Waals surface area contributed by atoms with Crippen molar-refractivity contribution in [2.75, 3.05) is 31.2 Å². The predicted molar refractivity (Wildman–Crippen MR) is 146 cm³/mol. The minimum atomic E-state index is -3.30. The Morgan fingerprint density at radius 2 is 1.79 bits per heavy atom. The molecule has 1 fully saturated rings. The number of benzene rings is 2. The summed E-state index contributed by atoms with van der Waals surface area (Å²) in [4.78, 5) is 26.1. The first-order valence-electron chi connectivity index (χ1n) is 13.3. The van der Waals surface area contributed by atoms with Crippen LogP contribution in [0.5, 0.6) is 0 Å². The van der Waals surface area contributed by atoms with Gasteiger partial charge in [-0.2, -0.15) is 0 Å². The Balaban J connectivity index is 1.31. The highest BCUT2D eigenvalue weighted by molar-refractivity contribution is 7.88. The fraction of sp³-hybridized carbons (Fsp3) is 0.500. The van der Waals surface area contributed by atoms with Crippen LogP contribution in [0.1, 0.15) is 65.9 Å². The third-order valence-corrected chi connectivity index (χ3v) is 8.25. The number of carbonyl (C=O) groups excluding carboxylic acids is 2. The van der Waals surface area contributed by atoms with Gasteiger partial charge < -0.3 is 16.0 Å². The smallest absolute Gasteiger partial charge is 0.251 e. The summed E-state index contributed by atoms with van der Waals surface area (Å²) in [6.07, 6.45) is 7.08. The van der Waals surface area contributed by atoms with Gasteiger partial charge in [0.25, 0.3) is 5.91 Å². The zero-order chi connectivity index (χ0) is 27.1. The molecule has 1 heterocycles. The lowest BCUT2D eigenvalue weighted by Crippen LogP contribution is -2.43. The van der Waals surface area contributed by atoms with Crippen molar-refractivity contribution in [1.29, 1.82) is 0 Å². The molecule has 2 aromatic rings. The molecule has 2 unspecified atom stereocenters. The van der Waals surface area contributed by atoms with E-state index in [2.05, 4.69) is 20.7 Å². The summed E-state index contributed by atoms with van der Waals surface area (Å²) in [5.74, 6) is -0.527. The van der Waals surface area contributed by atoms with Crippen molar-refractivity contribution >= 4 is 27.5 Å². The predicted octanol–water partition coefficient (Wildman–Crippen LogP) is 3.52. The molecule has 1 aliphatic heterocycles. The first-order chi connectivity index (χ1) is 18.2. The van der Waals surface area contributed by atoms with E-state index in [-0.39, 0.29) is 48.5 Å². The highest BCUT2D eigenvalue weighted by atomic mass is 32.2. The summed E-state index contributed by atoms with van der Waals surface area (Å²) in [7, 11) is -3.30. The Hall–Kier alpha value is -2.98. The molecular weight excluding hydrogens is 507 g/mol. The summed E-state index contributed by atoms with van der Waals surface area (Å²) >= 11 is 0. The van der Waals surface area contributed by atoms with E-state index in [1.165, 1.54) is 12.5 Å². The van der Waals surface area contributed by atoms with Gasteiger partial charge >= 0.3 is 0 Å². The monoisotopic (exact) mass is 544 g/mol. The van der Waals surface area contributed by atoms with Gasteiger partial charge in [0.1, 0.15) is 5.82 Å².